The maximum Gasteiger partial charge on any atom is 0.306 e. The van der Waals surface area contributed by atoms with E-state index in [9.17, 15) is 9.59 Å². The first-order chi connectivity index (χ1) is 29.2. The fraction of sp³-hybridized carbons (Fsp3) is 0.692. The molecule has 60 heavy (non-hydrogen) atoms. The van der Waals surface area contributed by atoms with E-state index in [0.717, 1.165) is 123 Å². The third-order valence-corrected chi connectivity index (χ3v) is 11.6. The van der Waals surface area contributed by atoms with Gasteiger partial charge in [-0.15, -0.1) is 0 Å². The number of carbonyl (C=O) groups excluding carboxylic acids is 2. The van der Waals surface area contributed by atoms with Crippen molar-refractivity contribution in [2.24, 2.45) is 11.8 Å². The molecule has 3 aromatic rings. The number of fused-ring (bicyclic) bond motifs is 2. The number of carbonyl (C=O) groups is 2. The third kappa shape index (κ3) is 18.3. The Morgan fingerprint density at radius 1 is 0.467 bits per heavy atom. The molecule has 0 amide bonds. The number of unbranched alkanes of at least 4 members (excludes halogenated alkanes) is 8. The van der Waals surface area contributed by atoms with Gasteiger partial charge in [0.15, 0.2) is 12.2 Å². The van der Waals surface area contributed by atoms with E-state index in [1.807, 2.05) is 0 Å². The van der Waals surface area contributed by atoms with Crippen LogP contribution in [0.3, 0.4) is 0 Å². The van der Waals surface area contributed by atoms with Crippen molar-refractivity contribution in [3.05, 3.63) is 47.5 Å². The highest BCUT2D eigenvalue weighted by Gasteiger charge is 2.23. The second kappa shape index (κ2) is 29.8. The van der Waals surface area contributed by atoms with Crippen molar-refractivity contribution in [1.82, 2.24) is 0 Å². The third-order valence-electron chi connectivity index (χ3n) is 11.6. The van der Waals surface area contributed by atoms with Crippen LogP contribution in [0.2, 0.25) is 0 Å². The van der Waals surface area contributed by atoms with Crippen LogP contribution in [-0.2, 0) is 28.5 Å². The lowest BCUT2D eigenvalue weighted by molar-refractivity contribution is -0.155. The number of ether oxygens (including phenoxy) is 6. The van der Waals surface area contributed by atoms with Crippen molar-refractivity contribution in [2.45, 2.75) is 183 Å². The Bertz CT molecular complexity index is 1530. The van der Waals surface area contributed by atoms with Gasteiger partial charge < -0.3 is 28.4 Å². The zero-order valence-electron chi connectivity index (χ0n) is 39.0. The minimum absolute atomic E-state index is 0.156. The van der Waals surface area contributed by atoms with Gasteiger partial charge in [-0.05, 0) is 63.5 Å². The number of aryl methyl sites for hydroxylation is 2. The van der Waals surface area contributed by atoms with E-state index in [2.05, 4.69) is 91.8 Å². The second-order valence-electron chi connectivity index (χ2n) is 17.1. The van der Waals surface area contributed by atoms with E-state index < -0.39 is 12.2 Å². The molecule has 3 aromatic carbocycles. The average molecular weight is 835 g/mol. The highest BCUT2D eigenvalue weighted by Crippen LogP contribution is 2.44. The first-order valence-corrected chi connectivity index (χ1v) is 23.9. The van der Waals surface area contributed by atoms with Gasteiger partial charge in [-0.1, -0.05) is 154 Å². The topological polar surface area (TPSA) is 89.5 Å². The summed E-state index contributed by atoms with van der Waals surface area (Å²) in [6.07, 6.45) is 16.8. The van der Waals surface area contributed by atoms with Gasteiger partial charge in [0, 0.05) is 47.6 Å². The Morgan fingerprint density at radius 3 is 1.23 bits per heavy atom. The van der Waals surface area contributed by atoms with Crippen LogP contribution in [0.25, 0.3) is 21.5 Å². The van der Waals surface area contributed by atoms with Crippen LogP contribution in [0.5, 0.6) is 11.5 Å². The molecule has 0 saturated heterocycles. The van der Waals surface area contributed by atoms with Crippen molar-refractivity contribution >= 4 is 33.5 Å². The van der Waals surface area contributed by atoms with Crippen molar-refractivity contribution in [2.75, 3.05) is 39.6 Å². The Labute approximate surface area is 364 Å². The summed E-state index contributed by atoms with van der Waals surface area (Å²) in [6.45, 7) is 19.5. The summed E-state index contributed by atoms with van der Waals surface area (Å²) in [5, 5.41) is 3.60. The van der Waals surface area contributed by atoms with Crippen molar-refractivity contribution in [1.29, 1.82) is 0 Å². The summed E-state index contributed by atoms with van der Waals surface area (Å²) in [7, 11) is 0. The van der Waals surface area contributed by atoms with Crippen LogP contribution in [0.1, 0.15) is 168 Å². The standard InChI is InChI=1S/C52H82O8/c1-9-15-19-21-25-49(53)59-43(35-55-33-41(13-5)23-17-11-3)37-57-51-45-29-27-40(8)32-48(45)52(46-30-28-39(7)31-47(46)51)58-38-44(60-50(54)26-22-20-16-10-2)36-56-34-42(14-6)24-18-12-4/h27-32,41-44H,9-26,33-38H2,1-8H3. The van der Waals surface area contributed by atoms with Gasteiger partial charge in [-0.3, -0.25) is 9.59 Å². The Kier molecular flexibility index (Phi) is 25.3. The minimum Gasteiger partial charge on any atom is -0.488 e. The SMILES string of the molecule is CCCCCCC(=O)OC(COCC(CC)CCCC)COc1c2ccc(C)cc2c(OCC(COCC(CC)CCCC)OC(=O)CCCCCC)c2ccc(C)cc12. The first kappa shape index (κ1) is 51.0. The molecule has 338 valence electrons. The average Bonchev–Trinajstić information content (AvgIpc) is 3.24. The summed E-state index contributed by atoms with van der Waals surface area (Å²) < 4.78 is 38.2. The molecule has 0 radical (unpaired) electrons. The van der Waals surface area contributed by atoms with E-state index in [-0.39, 0.29) is 38.4 Å². The smallest absolute Gasteiger partial charge is 0.306 e. The fourth-order valence-corrected chi connectivity index (χ4v) is 7.68. The zero-order chi connectivity index (χ0) is 43.5. The first-order valence-electron chi connectivity index (χ1n) is 23.9. The minimum atomic E-state index is -0.560. The van der Waals surface area contributed by atoms with Gasteiger partial charge >= 0.3 is 11.9 Å². The fourth-order valence-electron chi connectivity index (χ4n) is 7.68. The van der Waals surface area contributed by atoms with Crippen LogP contribution in [0.15, 0.2) is 36.4 Å². The van der Waals surface area contributed by atoms with E-state index in [0.29, 0.717) is 49.4 Å². The molecular formula is C52H82O8. The van der Waals surface area contributed by atoms with Crippen LogP contribution >= 0.6 is 0 Å². The number of hydrogen-bond donors (Lipinski definition) is 0. The summed E-state index contributed by atoms with van der Waals surface area (Å²) in [5.74, 6) is 1.95. The maximum absolute atomic E-state index is 13.1. The molecule has 0 heterocycles. The lowest BCUT2D eigenvalue weighted by Gasteiger charge is -2.24. The number of esters is 2. The number of benzene rings is 3. The molecule has 8 heteroatoms. The van der Waals surface area contributed by atoms with Crippen LogP contribution in [0.4, 0.5) is 0 Å². The molecule has 0 aromatic heterocycles. The molecule has 0 saturated carbocycles. The molecule has 0 aliphatic rings. The van der Waals surface area contributed by atoms with Gasteiger partial charge in [-0.25, -0.2) is 0 Å². The summed E-state index contributed by atoms with van der Waals surface area (Å²) in [4.78, 5) is 26.2. The summed E-state index contributed by atoms with van der Waals surface area (Å²) >= 11 is 0. The quantitative estimate of drug-likeness (QED) is 0.0334. The Morgan fingerprint density at radius 2 is 0.867 bits per heavy atom. The molecule has 8 nitrogen and oxygen atoms in total. The Balaban J connectivity index is 1.93. The molecule has 0 N–H and O–H groups in total. The van der Waals surface area contributed by atoms with Crippen molar-refractivity contribution in [3.63, 3.8) is 0 Å². The van der Waals surface area contributed by atoms with E-state index in [4.69, 9.17) is 28.4 Å². The molecule has 3 rings (SSSR count). The maximum atomic E-state index is 13.1. The van der Waals surface area contributed by atoms with E-state index >= 15 is 0 Å². The van der Waals surface area contributed by atoms with Crippen LogP contribution in [-0.4, -0.2) is 63.8 Å². The molecule has 4 unspecified atom stereocenters. The summed E-state index contributed by atoms with van der Waals surface area (Å²) in [5.41, 5.74) is 2.16. The highest BCUT2D eigenvalue weighted by atomic mass is 16.6. The highest BCUT2D eigenvalue weighted by molar-refractivity contribution is 6.11. The molecule has 4 atom stereocenters. The van der Waals surface area contributed by atoms with Crippen molar-refractivity contribution in [3.8, 4) is 11.5 Å². The molecule has 0 spiro atoms. The lowest BCUT2D eigenvalue weighted by Crippen LogP contribution is -2.31. The monoisotopic (exact) mass is 835 g/mol. The number of hydrogen-bond acceptors (Lipinski definition) is 8. The van der Waals surface area contributed by atoms with Gasteiger partial charge in [0.2, 0.25) is 0 Å². The molecule has 0 fully saturated rings. The predicted octanol–water partition coefficient (Wildman–Crippen LogP) is 13.6. The molecular weight excluding hydrogens is 753 g/mol. The van der Waals surface area contributed by atoms with E-state index in [1.165, 1.54) is 12.8 Å². The van der Waals surface area contributed by atoms with Crippen LogP contribution in [0, 0.1) is 25.7 Å². The van der Waals surface area contributed by atoms with Gasteiger partial charge in [0.1, 0.15) is 24.7 Å². The van der Waals surface area contributed by atoms with Gasteiger partial charge in [-0.2, -0.15) is 0 Å². The predicted molar refractivity (Wildman–Crippen MR) is 247 cm³/mol. The number of rotatable bonds is 34. The molecule has 0 aliphatic carbocycles. The zero-order valence-corrected chi connectivity index (χ0v) is 39.0. The second-order valence-corrected chi connectivity index (χ2v) is 17.1. The normalized spacial score (nSPS) is 13.6. The van der Waals surface area contributed by atoms with Crippen LogP contribution < -0.4 is 9.47 Å². The summed E-state index contributed by atoms with van der Waals surface area (Å²) in [6, 6.07) is 12.6. The largest absolute Gasteiger partial charge is 0.488 e. The van der Waals surface area contributed by atoms with Crippen molar-refractivity contribution < 1.29 is 38.0 Å². The molecule has 0 aliphatic heterocycles. The van der Waals surface area contributed by atoms with E-state index in [1.54, 1.807) is 0 Å². The molecule has 0 bridgehead atoms. The van der Waals surface area contributed by atoms with Gasteiger partial charge in [0.25, 0.3) is 0 Å². The lowest BCUT2D eigenvalue weighted by atomic mass is 9.97. The van der Waals surface area contributed by atoms with Gasteiger partial charge in [0.05, 0.1) is 13.2 Å². The Hall–Kier alpha value is -3.36.